The van der Waals surface area contributed by atoms with Gasteiger partial charge in [-0.25, -0.2) is 4.79 Å². The first-order valence-corrected chi connectivity index (χ1v) is 12.1. The number of aromatic nitrogens is 1. The van der Waals surface area contributed by atoms with E-state index in [-0.39, 0.29) is 0 Å². The van der Waals surface area contributed by atoms with Crippen LogP contribution in [0.1, 0.15) is 37.3 Å². The number of hydrogen-bond donors (Lipinski definition) is 3. The van der Waals surface area contributed by atoms with E-state index in [2.05, 4.69) is 64.6 Å². The molecular weight excluding hydrogens is 430 g/mol. The Bertz CT molecular complexity index is 974. The second-order valence-corrected chi connectivity index (χ2v) is 9.52. The van der Waals surface area contributed by atoms with E-state index in [1.54, 1.807) is 7.05 Å². The number of likely N-dealkylation sites (N-methyl/N-ethyl adjacent to an activating group) is 1. The highest BCUT2D eigenvalue weighted by atomic mass is 32.2. The fourth-order valence-corrected chi connectivity index (χ4v) is 6.06. The summed E-state index contributed by atoms with van der Waals surface area (Å²) >= 11 is 6.78. The standard InChI is InChI=1S/C22H31N5O2S2/c1-5-27(6-2)21(30)25-14-8-16-17-9-15(31-29-22(28)23-3)10-18-20(17)13(11-24-18)7-19(16)26(4)12-14/h9-11,14,16,19,24H,5-8,12H2,1-4H3,(H,23,28)(H,25,30)/t14-,16?,19+/m0/s1. The lowest BCUT2D eigenvalue weighted by Gasteiger charge is -2.46. The fourth-order valence-electron chi connectivity index (χ4n) is 5.04. The van der Waals surface area contributed by atoms with E-state index in [9.17, 15) is 4.79 Å². The van der Waals surface area contributed by atoms with Gasteiger partial charge in [0, 0.05) is 61.8 Å². The van der Waals surface area contributed by atoms with Gasteiger partial charge < -0.3 is 29.6 Å². The maximum Gasteiger partial charge on any atom is 0.419 e. The number of nitrogens with zero attached hydrogens (tertiary/aromatic N) is 2. The first-order chi connectivity index (χ1) is 14.9. The van der Waals surface area contributed by atoms with Gasteiger partial charge in [0.25, 0.3) is 0 Å². The SMILES string of the molecule is CCN(CC)C(=S)N[C@H]1CC2c3cc(SOC(=O)NC)cc4[nH]cc(c34)C[C@H]2N(C)C1. The summed E-state index contributed by atoms with van der Waals surface area (Å²) in [5.41, 5.74) is 3.80. The smallest absolute Gasteiger partial charge is 0.370 e. The highest BCUT2D eigenvalue weighted by Crippen LogP contribution is 2.44. The van der Waals surface area contributed by atoms with Gasteiger partial charge in [0.2, 0.25) is 0 Å². The van der Waals surface area contributed by atoms with Crippen molar-refractivity contribution in [1.82, 2.24) is 25.4 Å². The number of carbonyl (C=O) groups excluding carboxylic acids is 1. The van der Waals surface area contributed by atoms with Crippen molar-refractivity contribution in [1.29, 1.82) is 0 Å². The number of likely N-dealkylation sites (tertiary alicyclic amines) is 1. The summed E-state index contributed by atoms with van der Waals surface area (Å²) in [6.45, 7) is 7.06. The van der Waals surface area contributed by atoms with Crippen molar-refractivity contribution in [2.75, 3.05) is 33.7 Å². The number of aromatic amines is 1. The Morgan fingerprint density at radius 2 is 2.16 bits per heavy atom. The molecule has 0 spiro atoms. The van der Waals surface area contributed by atoms with Crippen molar-refractivity contribution in [3.8, 4) is 0 Å². The van der Waals surface area contributed by atoms with E-state index in [0.717, 1.165) is 60.0 Å². The average molecular weight is 462 g/mol. The Labute approximate surface area is 193 Å². The lowest BCUT2D eigenvalue weighted by Crippen LogP contribution is -2.56. The third-order valence-corrected chi connectivity index (χ3v) is 7.61. The number of H-pyrrole nitrogens is 1. The van der Waals surface area contributed by atoms with E-state index in [1.165, 1.54) is 16.5 Å². The van der Waals surface area contributed by atoms with Crippen LogP contribution in [0.25, 0.3) is 10.9 Å². The molecule has 1 saturated heterocycles. The Kier molecular flexibility index (Phi) is 6.64. The Morgan fingerprint density at radius 1 is 1.39 bits per heavy atom. The zero-order valence-corrected chi connectivity index (χ0v) is 20.2. The molecule has 7 nitrogen and oxygen atoms in total. The van der Waals surface area contributed by atoms with E-state index in [4.69, 9.17) is 16.4 Å². The van der Waals surface area contributed by atoms with Gasteiger partial charge in [-0.1, -0.05) is 0 Å². The highest BCUT2D eigenvalue weighted by Gasteiger charge is 2.40. The fraction of sp³-hybridized carbons (Fsp3) is 0.545. The molecule has 31 heavy (non-hydrogen) atoms. The van der Waals surface area contributed by atoms with Gasteiger partial charge in [0.15, 0.2) is 5.11 Å². The summed E-state index contributed by atoms with van der Waals surface area (Å²) in [6.07, 6.45) is 3.75. The summed E-state index contributed by atoms with van der Waals surface area (Å²) in [4.78, 5) is 20.6. The maximum absolute atomic E-state index is 11.5. The molecule has 9 heteroatoms. The molecule has 0 radical (unpaired) electrons. The lowest BCUT2D eigenvalue weighted by atomic mass is 9.74. The van der Waals surface area contributed by atoms with Crippen LogP contribution < -0.4 is 10.6 Å². The molecule has 0 bridgehead atoms. The summed E-state index contributed by atoms with van der Waals surface area (Å²) in [7, 11) is 3.78. The molecular formula is C22H31N5O2S2. The molecule has 1 unspecified atom stereocenters. The van der Waals surface area contributed by atoms with Crippen LogP contribution in [0.4, 0.5) is 4.79 Å². The maximum atomic E-state index is 11.5. The highest BCUT2D eigenvalue weighted by molar-refractivity contribution is 7.95. The van der Waals surface area contributed by atoms with Crippen molar-refractivity contribution in [3.63, 3.8) is 0 Å². The number of fused-ring (bicyclic) bond motifs is 2. The molecule has 2 heterocycles. The number of thiocarbonyl (C=S) groups is 1. The van der Waals surface area contributed by atoms with Crippen LogP contribution in [-0.2, 0) is 10.6 Å². The summed E-state index contributed by atoms with van der Waals surface area (Å²) in [5, 5.41) is 8.28. The van der Waals surface area contributed by atoms with E-state index in [0.29, 0.717) is 18.0 Å². The number of carbonyl (C=O) groups is 1. The number of amides is 1. The minimum absolute atomic E-state index is 0.299. The first-order valence-electron chi connectivity index (χ1n) is 10.9. The Balaban J connectivity index is 1.61. The average Bonchev–Trinajstić information content (AvgIpc) is 3.17. The molecule has 1 aliphatic heterocycles. The Morgan fingerprint density at radius 3 is 2.87 bits per heavy atom. The number of rotatable bonds is 5. The first kappa shape index (κ1) is 22.2. The second kappa shape index (κ2) is 9.26. The van der Waals surface area contributed by atoms with Crippen LogP contribution in [0, 0.1) is 0 Å². The summed E-state index contributed by atoms with van der Waals surface area (Å²) < 4.78 is 5.24. The second-order valence-electron chi connectivity index (χ2n) is 8.33. The molecule has 0 saturated carbocycles. The van der Waals surface area contributed by atoms with Crippen molar-refractivity contribution >= 4 is 46.4 Å². The number of piperidine rings is 1. The van der Waals surface area contributed by atoms with Crippen LogP contribution in [-0.4, -0.2) is 71.8 Å². The van der Waals surface area contributed by atoms with Crippen molar-refractivity contribution in [2.45, 2.75) is 49.6 Å². The van der Waals surface area contributed by atoms with Crippen LogP contribution in [0.15, 0.2) is 23.2 Å². The van der Waals surface area contributed by atoms with E-state index in [1.807, 2.05) is 0 Å². The number of hydrogen-bond acceptors (Lipinski definition) is 5. The van der Waals surface area contributed by atoms with Crippen LogP contribution in [0.2, 0.25) is 0 Å². The van der Waals surface area contributed by atoms with Crippen LogP contribution in [0.3, 0.4) is 0 Å². The van der Waals surface area contributed by atoms with E-state index >= 15 is 0 Å². The summed E-state index contributed by atoms with van der Waals surface area (Å²) in [5.74, 6) is 0.391. The summed E-state index contributed by atoms with van der Waals surface area (Å²) in [6, 6.07) is 5.01. The predicted octanol–water partition coefficient (Wildman–Crippen LogP) is 3.46. The molecule has 1 fully saturated rings. The van der Waals surface area contributed by atoms with Crippen LogP contribution >= 0.6 is 24.3 Å². The van der Waals surface area contributed by atoms with E-state index < -0.39 is 6.09 Å². The quantitative estimate of drug-likeness (QED) is 0.465. The minimum atomic E-state index is -0.449. The van der Waals surface area contributed by atoms with Crippen LogP contribution in [0.5, 0.6) is 0 Å². The predicted molar refractivity (Wildman–Crippen MR) is 130 cm³/mol. The minimum Gasteiger partial charge on any atom is -0.370 e. The third kappa shape index (κ3) is 4.36. The molecule has 1 aromatic heterocycles. The lowest BCUT2D eigenvalue weighted by molar-refractivity contribution is 0.133. The molecule has 3 N–H and O–H groups in total. The molecule has 1 amide bonds. The van der Waals surface area contributed by atoms with Crippen molar-refractivity contribution < 1.29 is 8.98 Å². The molecule has 1 aliphatic carbocycles. The van der Waals surface area contributed by atoms with Gasteiger partial charge in [0.05, 0.1) is 16.9 Å². The normalized spacial score (nSPS) is 22.6. The van der Waals surface area contributed by atoms with Gasteiger partial charge in [-0.15, -0.1) is 0 Å². The van der Waals surface area contributed by atoms with Gasteiger partial charge in [-0.05, 0) is 69.2 Å². The Hall–Kier alpha value is -1.97. The van der Waals surface area contributed by atoms with Gasteiger partial charge in [0.1, 0.15) is 0 Å². The largest absolute Gasteiger partial charge is 0.419 e. The van der Waals surface area contributed by atoms with Gasteiger partial charge in [-0.2, -0.15) is 0 Å². The molecule has 3 atom stereocenters. The zero-order valence-electron chi connectivity index (χ0n) is 18.5. The molecule has 2 aliphatic rings. The molecule has 4 rings (SSSR count). The molecule has 2 aromatic rings. The van der Waals surface area contributed by atoms with Crippen molar-refractivity contribution in [3.05, 3.63) is 29.5 Å². The number of benzene rings is 1. The van der Waals surface area contributed by atoms with Crippen molar-refractivity contribution in [2.24, 2.45) is 0 Å². The zero-order chi connectivity index (χ0) is 22.1. The van der Waals surface area contributed by atoms with Gasteiger partial charge in [-0.3, -0.25) is 0 Å². The molecule has 168 valence electrons. The third-order valence-electron chi connectivity index (χ3n) is 6.57. The number of nitrogens with one attached hydrogen (secondary N) is 3. The monoisotopic (exact) mass is 461 g/mol. The van der Waals surface area contributed by atoms with Gasteiger partial charge >= 0.3 is 6.09 Å². The molecule has 1 aromatic carbocycles. The topological polar surface area (TPSA) is 72.6 Å².